The summed E-state index contributed by atoms with van der Waals surface area (Å²) >= 11 is 3.48. The fraction of sp³-hybridized carbons (Fsp3) is 0.267. The van der Waals surface area contributed by atoms with Crippen LogP contribution in [0.15, 0.2) is 41.0 Å². The van der Waals surface area contributed by atoms with Gasteiger partial charge in [-0.3, -0.25) is 4.98 Å². The molecule has 0 saturated carbocycles. The summed E-state index contributed by atoms with van der Waals surface area (Å²) in [5.41, 5.74) is 7.85. The highest BCUT2D eigenvalue weighted by molar-refractivity contribution is 9.10. The summed E-state index contributed by atoms with van der Waals surface area (Å²) in [6.07, 6.45) is 2.53. The molecule has 1 atom stereocenters. The zero-order chi connectivity index (χ0) is 13.8. The van der Waals surface area contributed by atoms with Crippen LogP contribution in [0.4, 0.5) is 0 Å². The number of aryl methyl sites for hydroxylation is 1. The van der Waals surface area contributed by atoms with Gasteiger partial charge in [-0.15, -0.1) is 0 Å². The molecule has 2 rings (SSSR count). The number of rotatable bonds is 4. The molecule has 0 aliphatic carbocycles. The Labute approximate surface area is 121 Å². The molecular weight excluding hydrogens is 304 g/mol. The van der Waals surface area contributed by atoms with Crippen LogP contribution in [0.3, 0.4) is 0 Å². The van der Waals surface area contributed by atoms with Gasteiger partial charge in [0.2, 0.25) is 0 Å². The molecule has 3 nitrogen and oxygen atoms in total. The number of nitrogens with zero attached hydrogens (tertiary/aromatic N) is 1. The Morgan fingerprint density at radius 2 is 2.11 bits per heavy atom. The van der Waals surface area contributed by atoms with Crippen LogP contribution < -0.4 is 10.5 Å². The molecule has 1 heterocycles. The van der Waals surface area contributed by atoms with Crippen molar-refractivity contribution in [2.75, 3.05) is 0 Å². The van der Waals surface area contributed by atoms with E-state index < -0.39 is 0 Å². The molecule has 0 spiro atoms. The number of pyridine rings is 1. The Hall–Kier alpha value is -1.39. The SMILES string of the molecule is Cc1ncccc1Oc1ccc(Br)cc1CC(C)N. The molecule has 4 heteroatoms. The van der Waals surface area contributed by atoms with Crippen LogP contribution in [0.2, 0.25) is 0 Å². The summed E-state index contributed by atoms with van der Waals surface area (Å²) in [7, 11) is 0. The van der Waals surface area contributed by atoms with E-state index in [0.717, 1.165) is 33.6 Å². The average Bonchev–Trinajstić information content (AvgIpc) is 2.34. The second-order valence-electron chi connectivity index (χ2n) is 4.62. The molecule has 0 bridgehead atoms. The molecule has 0 fully saturated rings. The summed E-state index contributed by atoms with van der Waals surface area (Å²) < 4.78 is 6.98. The Morgan fingerprint density at radius 3 is 2.79 bits per heavy atom. The van der Waals surface area contributed by atoms with Gasteiger partial charge in [0.25, 0.3) is 0 Å². The molecule has 0 radical (unpaired) electrons. The molecule has 2 N–H and O–H groups in total. The van der Waals surface area contributed by atoms with Crippen LogP contribution in [0.25, 0.3) is 0 Å². The lowest BCUT2D eigenvalue weighted by molar-refractivity contribution is 0.467. The summed E-state index contributed by atoms with van der Waals surface area (Å²) in [6.45, 7) is 3.92. The Morgan fingerprint density at radius 1 is 1.32 bits per heavy atom. The minimum atomic E-state index is 0.0895. The topological polar surface area (TPSA) is 48.1 Å². The van der Waals surface area contributed by atoms with Gasteiger partial charge in [-0.1, -0.05) is 15.9 Å². The van der Waals surface area contributed by atoms with Crippen molar-refractivity contribution in [2.24, 2.45) is 5.73 Å². The van der Waals surface area contributed by atoms with Gasteiger partial charge in [0.1, 0.15) is 11.5 Å². The maximum atomic E-state index is 5.96. The minimum Gasteiger partial charge on any atom is -0.455 e. The third kappa shape index (κ3) is 3.78. The molecule has 2 aromatic rings. The molecule has 0 aliphatic rings. The van der Waals surface area contributed by atoms with Crippen molar-refractivity contribution < 1.29 is 4.74 Å². The second-order valence-corrected chi connectivity index (χ2v) is 5.54. The number of benzene rings is 1. The second kappa shape index (κ2) is 6.17. The molecular formula is C15H17BrN2O. The lowest BCUT2D eigenvalue weighted by atomic mass is 10.1. The molecule has 1 unspecified atom stereocenters. The highest BCUT2D eigenvalue weighted by Crippen LogP contribution is 2.29. The molecule has 1 aromatic carbocycles. The summed E-state index contributed by atoms with van der Waals surface area (Å²) in [4.78, 5) is 4.22. The predicted octanol–water partition coefficient (Wildman–Crippen LogP) is 3.83. The van der Waals surface area contributed by atoms with Crippen LogP contribution in [-0.4, -0.2) is 11.0 Å². The van der Waals surface area contributed by atoms with Crippen LogP contribution >= 0.6 is 15.9 Å². The Bertz CT molecular complexity index is 570. The highest BCUT2D eigenvalue weighted by Gasteiger charge is 2.09. The molecule has 1 aromatic heterocycles. The highest BCUT2D eigenvalue weighted by atomic mass is 79.9. The van der Waals surface area contributed by atoms with Gasteiger partial charge in [0.15, 0.2) is 0 Å². The Balaban J connectivity index is 2.32. The largest absolute Gasteiger partial charge is 0.455 e. The van der Waals surface area contributed by atoms with Crippen molar-refractivity contribution in [3.63, 3.8) is 0 Å². The van der Waals surface area contributed by atoms with Gasteiger partial charge in [0, 0.05) is 16.7 Å². The van der Waals surface area contributed by atoms with E-state index in [1.165, 1.54) is 0 Å². The fourth-order valence-electron chi connectivity index (χ4n) is 1.85. The molecule has 0 saturated heterocycles. The van der Waals surface area contributed by atoms with Crippen molar-refractivity contribution in [1.82, 2.24) is 4.98 Å². The van der Waals surface area contributed by atoms with Gasteiger partial charge >= 0.3 is 0 Å². The average molecular weight is 321 g/mol. The van der Waals surface area contributed by atoms with E-state index in [0.29, 0.717) is 0 Å². The first-order valence-corrected chi connectivity index (χ1v) is 6.99. The monoisotopic (exact) mass is 320 g/mol. The standard InChI is InChI=1S/C15H17BrN2O/c1-10(17)8-12-9-13(16)5-6-15(12)19-14-4-3-7-18-11(14)2/h3-7,9-10H,8,17H2,1-2H3. The van der Waals surface area contributed by atoms with Crippen molar-refractivity contribution >= 4 is 15.9 Å². The van der Waals surface area contributed by atoms with Crippen molar-refractivity contribution in [3.05, 3.63) is 52.3 Å². The van der Waals surface area contributed by atoms with E-state index in [4.69, 9.17) is 10.5 Å². The first-order chi connectivity index (χ1) is 9.06. The lowest BCUT2D eigenvalue weighted by Crippen LogP contribution is -2.18. The van der Waals surface area contributed by atoms with E-state index in [1.54, 1.807) is 6.20 Å². The van der Waals surface area contributed by atoms with Gasteiger partial charge < -0.3 is 10.5 Å². The first kappa shape index (κ1) is 14.0. The van der Waals surface area contributed by atoms with Crippen LogP contribution in [-0.2, 0) is 6.42 Å². The minimum absolute atomic E-state index is 0.0895. The van der Waals surface area contributed by atoms with Crippen LogP contribution in [0.5, 0.6) is 11.5 Å². The number of ether oxygens (including phenoxy) is 1. The predicted molar refractivity (Wildman–Crippen MR) is 80.5 cm³/mol. The van der Waals surface area contributed by atoms with Crippen LogP contribution in [0.1, 0.15) is 18.2 Å². The lowest BCUT2D eigenvalue weighted by Gasteiger charge is -2.14. The molecule has 19 heavy (non-hydrogen) atoms. The van der Waals surface area contributed by atoms with Gasteiger partial charge in [-0.25, -0.2) is 0 Å². The number of halogens is 1. The normalized spacial score (nSPS) is 12.2. The van der Waals surface area contributed by atoms with Gasteiger partial charge in [0.05, 0.1) is 5.69 Å². The molecule has 100 valence electrons. The zero-order valence-electron chi connectivity index (χ0n) is 11.1. The number of nitrogens with two attached hydrogens (primary N) is 1. The van der Waals surface area contributed by atoms with E-state index in [1.807, 2.05) is 44.2 Å². The van der Waals surface area contributed by atoms with Gasteiger partial charge in [-0.2, -0.15) is 0 Å². The summed E-state index contributed by atoms with van der Waals surface area (Å²) in [6, 6.07) is 9.84. The van der Waals surface area contributed by atoms with Crippen LogP contribution in [0, 0.1) is 6.92 Å². The van der Waals surface area contributed by atoms with Crippen molar-refractivity contribution in [1.29, 1.82) is 0 Å². The van der Waals surface area contributed by atoms with E-state index in [-0.39, 0.29) is 6.04 Å². The number of aromatic nitrogens is 1. The third-order valence-electron chi connectivity index (χ3n) is 2.74. The van der Waals surface area contributed by atoms with E-state index in [2.05, 4.69) is 20.9 Å². The molecule has 0 aliphatic heterocycles. The maximum absolute atomic E-state index is 5.96. The van der Waals surface area contributed by atoms with E-state index in [9.17, 15) is 0 Å². The maximum Gasteiger partial charge on any atom is 0.148 e. The Kier molecular flexibility index (Phi) is 4.56. The fourth-order valence-corrected chi connectivity index (χ4v) is 2.26. The number of hydrogen-bond acceptors (Lipinski definition) is 3. The van der Waals surface area contributed by atoms with Gasteiger partial charge in [-0.05, 0) is 56.2 Å². The van der Waals surface area contributed by atoms with E-state index >= 15 is 0 Å². The number of hydrogen-bond donors (Lipinski definition) is 1. The third-order valence-corrected chi connectivity index (χ3v) is 3.24. The quantitative estimate of drug-likeness (QED) is 0.931. The molecule has 0 amide bonds. The summed E-state index contributed by atoms with van der Waals surface area (Å²) in [5.74, 6) is 1.60. The van der Waals surface area contributed by atoms with Crippen molar-refractivity contribution in [2.45, 2.75) is 26.3 Å². The van der Waals surface area contributed by atoms with Crippen molar-refractivity contribution in [3.8, 4) is 11.5 Å². The smallest absolute Gasteiger partial charge is 0.148 e. The zero-order valence-corrected chi connectivity index (χ0v) is 12.6. The summed E-state index contributed by atoms with van der Waals surface area (Å²) in [5, 5.41) is 0. The first-order valence-electron chi connectivity index (χ1n) is 6.19.